The predicted molar refractivity (Wildman–Crippen MR) is 161 cm³/mol. The van der Waals surface area contributed by atoms with E-state index in [1.54, 1.807) is 24.4 Å². The smallest absolute Gasteiger partial charge is 0.323 e. The lowest BCUT2D eigenvalue weighted by molar-refractivity contribution is -0.152. The molecule has 3 aromatic rings. The van der Waals surface area contributed by atoms with Crippen molar-refractivity contribution in [3.05, 3.63) is 68.8 Å². The first-order valence-electron chi connectivity index (χ1n) is 13.6. The van der Waals surface area contributed by atoms with Crippen LogP contribution in [0.1, 0.15) is 49.7 Å². The van der Waals surface area contributed by atoms with Crippen molar-refractivity contribution in [2.45, 2.75) is 69.8 Å². The average molecular weight is 604 g/mol. The minimum absolute atomic E-state index is 0.0819. The van der Waals surface area contributed by atoms with Gasteiger partial charge in [-0.15, -0.1) is 0 Å². The van der Waals surface area contributed by atoms with Gasteiger partial charge in [0.2, 0.25) is 0 Å². The number of hydrogen-bond donors (Lipinski definition) is 4. The Hall–Kier alpha value is -2.62. The number of ether oxygens (including phenoxy) is 1. The van der Waals surface area contributed by atoms with Crippen LogP contribution in [0.15, 0.2) is 42.6 Å². The number of esters is 1. The van der Waals surface area contributed by atoms with Gasteiger partial charge in [-0.3, -0.25) is 4.79 Å². The maximum absolute atomic E-state index is 12.6. The molecule has 40 heavy (non-hydrogen) atoms. The fourth-order valence-electron chi connectivity index (χ4n) is 5.18. The molecule has 1 aromatic heterocycles. The lowest BCUT2D eigenvalue weighted by atomic mass is 9.99. The normalized spacial score (nSPS) is 19.5. The number of nitrogens with one attached hydrogen (secondary N) is 3. The number of nitrogens with zero attached hydrogens (tertiary/aromatic N) is 2. The summed E-state index contributed by atoms with van der Waals surface area (Å²) in [6.07, 6.45) is 7.56. The number of aromatic nitrogens is 2. The van der Waals surface area contributed by atoms with Crippen LogP contribution in [0.3, 0.4) is 0 Å². The quantitative estimate of drug-likeness (QED) is 0.221. The molecule has 0 radical (unpaired) electrons. The van der Waals surface area contributed by atoms with Crippen molar-refractivity contribution in [2.24, 2.45) is 0 Å². The monoisotopic (exact) mass is 602 g/mol. The van der Waals surface area contributed by atoms with E-state index < -0.39 is 0 Å². The average Bonchev–Trinajstić information content (AvgIpc) is 3.46. The van der Waals surface area contributed by atoms with E-state index in [0.29, 0.717) is 46.1 Å². The van der Waals surface area contributed by atoms with Crippen LogP contribution in [-0.2, 0) is 22.6 Å². The molecule has 212 valence electrons. The van der Waals surface area contributed by atoms with E-state index in [0.717, 1.165) is 55.3 Å². The third kappa shape index (κ3) is 7.17. The number of halogens is 3. The molecule has 1 saturated carbocycles. The van der Waals surface area contributed by atoms with E-state index in [1.807, 2.05) is 18.2 Å². The van der Waals surface area contributed by atoms with Crippen molar-refractivity contribution < 1.29 is 9.53 Å². The maximum atomic E-state index is 12.6. The van der Waals surface area contributed by atoms with Gasteiger partial charge in [-0.1, -0.05) is 53.0 Å². The topological polar surface area (TPSA) is 114 Å². The molecule has 8 nitrogen and oxygen atoms in total. The van der Waals surface area contributed by atoms with Crippen LogP contribution in [0, 0.1) is 0 Å². The van der Waals surface area contributed by atoms with Gasteiger partial charge in [-0.05, 0) is 68.8 Å². The van der Waals surface area contributed by atoms with Crippen LogP contribution >= 0.6 is 34.8 Å². The van der Waals surface area contributed by atoms with Gasteiger partial charge in [0.25, 0.3) is 0 Å². The molecule has 2 aliphatic rings. The summed E-state index contributed by atoms with van der Waals surface area (Å²) in [5, 5.41) is 11.8. The summed E-state index contributed by atoms with van der Waals surface area (Å²) >= 11 is 19.2. The molecular formula is C29H33Cl3N6O2. The van der Waals surface area contributed by atoms with Gasteiger partial charge in [-0.25, -0.2) is 9.97 Å². The van der Waals surface area contributed by atoms with E-state index in [2.05, 4.69) is 25.9 Å². The van der Waals surface area contributed by atoms with Crippen molar-refractivity contribution in [1.29, 1.82) is 0 Å². The number of anilines is 2. The second kappa shape index (κ2) is 13.4. The Kier molecular flexibility index (Phi) is 9.65. The van der Waals surface area contributed by atoms with Gasteiger partial charge < -0.3 is 26.4 Å². The van der Waals surface area contributed by atoms with Crippen LogP contribution in [0.5, 0.6) is 0 Å². The number of nitrogen functional groups attached to an aromatic ring is 1. The van der Waals surface area contributed by atoms with E-state index >= 15 is 0 Å². The number of nitrogens with two attached hydrogens (primary N) is 1. The van der Waals surface area contributed by atoms with Crippen LogP contribution in [0.25, 0.3) is 11.3 Å². The van der Waals surface area contributed by atoms with Gasteiger partial charge >= 0.3 is 5.97 Å². The number of hydrogen-bond acceptors (Lipinski definition) is 8. The third-order valence-electron chi connectivity index (χ3n) is 7.50. The van der Waals surface area contributed by atoms with Crippen molar-refractivity contribution in [1.82, 2.24) is 20.6 Å². The van der Waals surface area contributed by atoms with E-state index in [-0.39, 0.29) is 30.0 Å². The van der Waals surface area contributed by atoms with Gasteiger partial charge in [0.15, 0.2) is 11.6 Å². The standard InChI is InChI=1S/C29H33Cl3N6O2/c30-22-6-3-7-23(31)21(22)15-37-28-27(33)36-16-26(38-28)17-8-9-18(24(32)12-17)14-35-19-10-11-34-25(13-19)29(39)40-20-4-1-2-5-20/h3,6-9,12,16,19-20,25,34-35H,1-2,4-5,10-11,13-15H2,(H2,33,36)(H,37,38)/t19?,25-/m1/s1. The molecule has 1 aliphatic carbocycles. The molecule has 2 heterocycles. The molecular weight excluding hydrogens is 571 g/mol. The van der Waals surface area contributed by atoms with Crippen LogP contribution in [0.4, 0.5) is 11.6 Å². The summed E-state index contributed by atoms with van der Waals surface area (Å²) in [5.74, 6) is 0.572. The SMILES string of the molecule is Nc1ncc(-c2ccc(CNC3CCN[C@@H](C(=O)OC4CCCC4)C3)c(Cl)c2)nc1NCc1c(Cl)cccc1Cl. The van der Waals surface area contributed by atoms with E-state index in [4.69, 9.17) is 45.3 Å². The zero-order chi connectivity index (χ0) is 28.1. The van der Waals surface area contributed by atoms with Crippen molar-refractivity contribution >= 4 is 52.4 Å². The number of piperidine rings is 1. The molecule has 2 aromatic carbocycles. The zero-order valence-corrected chi connectivity index (χ0v) is 24.3. The fraction of sp³-hybridized carbons (Fsp3) is 0.414. The van der Waals surface area contributed by atoms with Gasteiger partial charge in [-0.2, -0.15) is 0 Å². The molecule has 2 fully saturated rings. The van der Waals surface area contributed by atoms with Crippen LogP contribution < -0.4 is 21.7 Å². The summed E-state index contributed by atoms with van der Waals surface area (Å²) in [5.41, 5.74) is 9.23. The highest BCUT2D eigenvalue weighted by atomic mass is 35.5. The Labute approximate surface area is 249 Å². The summed E-state index contributed by atoms with van der Waals surface area (Å²) in [7, 11) is 0. The Morgan fingerprint density at radius 2 is 1.82 bits per heavy atom. The van der Waals surface area contributed by atoms with Crippen molar-refractivity contribution in [3.8, 4) is 11.3 Å². The molecule has 0 bridgehead atoms. The van der Waals surface area contributed by atoms with Crippen LogP contribution in [-0.4, -0.2) is 40.7 Å². The molecule has 1 unspecified atom stereocenters. The third-order valence-corrected chi connectivity index (χ3v) is 8.56. The summed E-state index contributed by atoms with van der Waals surface area (Å²) < 4.78 is 5.71. The second-order valence-electron chi connectivity index (χ2n) is 10.3. The number of carbonyl (C=O) groups excluding carboxylic acids is 1. The Morgan fingerprint density at radius 1 is 1.05 bits per heavy atom. The van der Waals surface area contributed by atoms with Gasteiger partial charge in [0.1, 0.15) is 12.1 Å². The van der Waals surface area contributed by atoms with Gasteiger partial charge in [0.05, 0.1) is 11.9 Å². The summed E-state index contributed by atoms with van der Waals surface area (Å²) in [4.78, 5) is 21.6. The number of rotatable bonds is 9. The highest BCUT2D eigenvalue weighted by Gasteiger charge is 2.30. The number of carbonyl (C=O) groups is 1. The first-order chi connectivity index (χ1) is 19.4. The molecule has 2 atom stereocenters. The second-order valence-corrected chi connectivity index (χ2v) is 11.5. The first kappa shape index (κ1) is 28.9. The van der Waals surface area contributed by atoms with Crippen LogP contribution in [0.2, 0.25) is 15.1 Å². The highest BCUT2D eigenvalue weighted by molar-refractivity contribution is 6.36. The predicted octanol–water partition coefficient (Wildman–Crippen LogP) is 5.99. The largest absolute Gasteiger partial charge is 0.461 e. The minimum Gasteiger partial charge on any atom is -0.461 e. The fourth-order valence-corrected chi connectivity index (χ4v) is 5.96. The molecule has 1 aliphatic heterocycles. The molecule has 1 saturated heterocycles. The van der Waals surface area contributed by atoms with Gasteiger partial charge in [0, 0.05) is 45.3 Å². The lowest BCUT2D eigenvalue weighted by Gasteiger charge is -2.30. The molecule has 0 amide bonds. The molecule has 5 rings (SSSR count). The summed E-state index contributed by atoms with van der Waals surface area (Å²) in [6, 6.07) is 11.1. The Bertz CT molecular complexity index is 1330. The molecule has 0 spiro atoms. The van der Waals surface area contributed by atoms with E-state index in [1.165, 1.54) is 0 Å². The minimum atomic E-state index is -0.273. The Morgan fingerprint density at radius 3 is 2.58 bits per heavy atom. The summed E-state index contributed by atoms with van der Waals surface area (Å²) in [6.45, 7) is 1.71. The Balaban J connectivity index is 1.19. The number of benzene rings is 2. The van der Waals surface area contributed by atoms with Crippen molar-refractivity contribution in [3.63, 3.8) is 0 Å². The lowest BCUT2D eigenvalue weighted by Crippen LogP contribution is -2.50. The highest BCUT2D eigenvalue weighted by Crippen LogP contribution is 2.29. The first-order valence-corrected chi connectivity index (χ1v) is 14.8. The molecule has 5 N–H and O–H groups in total. The van der Waals surface area contributed by atoms with Crippen molar-refractivity contribution in [2.75, 3.05) is 17.6 Å². The maximum Gasteiger partial charge on any atom is 0.323 e. The zero-order valence-electron chi connectivity index (χ0n) is 22.1. The van der Waals surface area contributed by atoms with E-state index in [9.17, 15) is 4.79 Å². The molecule has 11 heteroatoms.